The molecule has 0 amide bonds. The topological polar surface area (TPSA) is 62.7 Å². The average Bonchev–Trinajstić information content (AvgIpc) is 2.49. The van der Waals surface area contributed by atoms with Crippen molar-refractivity contribution in [3.8, 4) is 17.2 Å². The Morgan fingerprint density at radius 3 is 2.41 bits per heavy atom. The van der Waals surface area contributed by atoms with Gasteiger partial charge in [0.05, 0.1) is 0 Å². The van der Waals surface area contributed by atoms with Gasteiger partial charge in [-0.3, -0.25) is 0 Å². The van der Waals surface area contributed by atoms with Gasteiger partial charge in [-0.15, -0.1) is 0 Å². The Morgan fingerprint density at radius 1 is 1.05 bits per heavy atom. The molecule has 0 unspecified atom stereocenters. The fourth-order valence-electron chi connectivity index (χ4n) is 3.16. The summed E-state index contributed by atoms with van der Waals surface area (Å²) in [5.41, 5.74) is 10.7. The normalized spacial score (nSPS) is 14.5. The fraction of sp³-hybridized carbons (Fsp3) is 0.333. The van der Waals surface area contributed by atoms with Crippen LogP contribution in [0.3, 0.4) is 0 Å². The van der Waals surface area contributed by atoms with Crippen molar-refractivity contribution in [1.82, 2.24) is 4.98 Å². The number of anilines is 1. The van der Waals surface area contributed by atoms with Crippen LogP contribution in [-0.2, 0) is 12.8 Å². The molecule has 1 aromatic heterocycles. The molecule has 2 aromatic rings. The SMILES string of the molecule is N#Cc1c(N)nc2c(c1-c1ccc(Cl)cc1)CCCCCC2. The summed E-state index contributed by atoms with van der Waals surface area (Å²) in [6.07, 6.45) is 6.61. The van der Waals surface area contributed by atoms with Gasteiger partial charge in [0.15, 0.2) is 0 Å². The number of nitrogens with zero attached hydrogens (tertiary/aromatic N) is 2. The highest BCUT2D eigenvalue weighted by Crippen LogP contribution is 2.35. The molecule has 0 bridgehead atoms. The summed E-state index contributed by atoms with van der Waals surface area (Å²) in [7, 11) is 0. The minimum atomic E-state index is 0.340. The molecule has 1 aromatic carbocycles. The number of aryl methyl sites for hydroxylation is 1. The van der Waals surface area contributed by atoms with Gasteiger partial charge in [-0.05, 0) is 48.9 Å². The molecule has 0 fully saturated rings. The summed E-state index contributed by atoms with van der Waals surface area (Å²) in [5.74, 6) is 0.340. The maximum absolute atomic E-state index is 9.55. The summed E-state index contributed by atoms with van der Waals surface area (Å²) >= 11 is 5.99. The first-order valence-corrected chi connectivity index (χ1v) is 8.05. The minimum Gasteiger partial charge on any atom is -0.383 e. The largest absolute Gasteiger partial charge is 0.383 e. The van der Waals surface area contributed by atoms with Crippen LogP contribution in [0.15, 0.2) is 24.3 Å². The summed E-state index contributed by atoms with van der Waals surface area (Å²) in [4.78, 5) is 4.52. The highest BCUT2D eigenvalue weighted by atomic mass is 35.5. The van der Waals surface area contributed by atoms with Crippen molar-refractivity contribution < 1.29 is 0 Å². The molecule has 0 saturated carbocycles. The Balaban J connectivity index is 2.25. The van der Waals surface area contributed by atoms with Crippen LogP contribution in [0.2, 0.25) is 5.02 Å². The van der Waals surface area contributed by atoms with Gasteiger partial charge in [-0.1, -0.05) is 36.6 Å². The van der Waals surface area contributed by atoms with E-state index in [1.54, 1.807) is 0 Å². The first-order valence-electron chi connectivity index (χ1n) is 7.68. The fourth-order valence-corrected chi connectivity index (χ4v) is 3.29. The van der Waals surface area contributed by atoms with Crippen molar-refractivity contribution >= 4 is 17.4 Å². The molecule has 3 nitrogen and oxygen atoms in total. The van der Waals surface area contributed by atoms with Crippen molar-refractivity contribution in [2.45, 2.75) is 38.5 Å². The number of pyridine rings is 1. The maximum Gasteiger partial charge on any atom is 0.142 e. The second-order valence-corrected chi connectivity index (χ2v) is 6.14. The van der Waals surface area contributed by atoms with Crippen LogP contribution in [0, 0.1) is 11.3 Å². The Kier molecular flexibility index (Phi) is 4.31. The summed E-state index contributed by atoms with van der Waals surface area (Å²) in [6, 6.07) is 9.86. The van der Waals surface area contributed by atoms with E-state index in [0.29, 0.717) is 16.4 Å². The van der Waals surface area contributed by atoms with E-state index in [0.717, 1.165) is 42.5 Å². The quantitative estimate of drug-likeness (QED) is 0.842. The van der Waals surface area contributed by atoms with E-state index in [-0.39, 0.29) is 0 Å². The predicted molar refractivity (Wildman–Crippen MR) is 89.7 cm³/mol. The lowest BCUT2D eigenvalue weighted by molar-refractivity contribution is 0.610. The number of nitrogen functional groups attached to an aromatic ring is 1. The van der Waals surface area contributed by atoms with Gasteiger partial charge in [-0.2, -0.15) is 5.26 Å². The summed E-state index contributed by atoms with van der Waals surface area (Å²) in [5, 5.41) is 10.2. The van der Waals surface area contributed by atoms with Gasteiger partial charge in [-0.25, -0.2) is 4.98 Å². The van der Waals surface area contributed by atoms with Gasteiger partial charge in [0, 0.05) is 16.3 Å². The van der Waals surface area contributed by atoms with Gasteiger partial charge in [0.2, 0.25) is 0 Å². The van der Waals surface area contributed by atoms with E-state index in [9.17, 15) is 5.26 Å². The highest BCUT2D eigenvalue weighted by molar-refractivity contribution is 6.30. The molecule has 2 N–H and O–H groups in total. The molecule has 112 valence electrons. The van der Waals surface area contributed by atoms with E-state index < -0.39 is 0 Å². The van der Waals surface area contributed by atoms with Crippen LogP contribution in [0.4, 0.5) is 5.82 Å². The Morgan fingerprint density at radius 2 is 1.73 bits per heavy atom. The van der Waals surface area contributed by atoms with Gasteiger partial charge in [0.25, 0.3) is 0 Å². The van der Waals surface area contributed by atoms with E-state index in [1.807, 2.05) is 24.3 Å². The van der Waals surface area contributed by atoms with E-state index in [1.165, 1.54) is 18.4 Å². The van der Waals surface area contributed by atoms with E-state index >= 15 is 0 Å². The summed E-state index contributed by atoms with van der Waals surface area (Å²) < 4.78 is 0. The van der Waals surface area contributed by atoms with Gasteiger partial charge >= 0.3 is 0 Å². The Bertz CT molecular complexity index is 729. The van der Waals surface area contributed by atoms with E-state index in [2.05, 4.69) is 11.1 Å². The first kappa shape index (κ1) is 14.9. The number of fused-ring (bicyclic) bond motifs is 1. The molecular formula is C18H18ClN3. The Hall–Kier alpha value is -2.05. The number of benzene rings is 1. The number of nitrogens with two attached hydrogens (primary N) is 1. The van der Waals surface area contributed by atoms with Crippen LogP contribution in [0.1, 0.15) is 42.5 Å². The predicted octanol–water partition coefficient (Wildman–Crippen LogP) is 4.51. The Labute approximate surface area is 135 Å². The lowest BCUT2D eigenvalue weighted by atomic mass is 9.88. The van der Waals surface area contributed by atoms with Crippen molar-refractivity contribution in [3.63, 3.8) is 0 Å². The molecule has 0 spiro atoms. The van der Waals surface area contributed by atoms with Crippen LogP contribution in [-0.4, -0.2) is 4.98 Å². The minimum absolute atomic E-state index is 0.340. The maximum atomic E-state index is 9.55. The van der Waals surface area contributed by atoms with Gasteiger partial charge < -0.3 is 5.73 Å². The molecule has 0 aliphatic heterocycles. The number of nitriles is 1. The zero-order valence-electron chi connectivity index (χ0n) is 12.4. The molecule has 0 atom stereocenters. The molecule has 0 saturated heterocycles. The molecular weight excluding hydrogens is 294 g/mol. The lowest BCUT2D eigenvalue weighted by Crippen LogP contribution is -2.10. The molecule has 1 heterocycles. The van der Waals surface area contributed by atoms with Crippen LogP contribution in [0.5, 0.6) is 0 Å². The lowest BCUT2D eigenvalue weighted by Gasteiger charge is -2.19. The van der Waals surface area contributed by atoms with Gasteiger partial charge in [0.1, 0.15) is 17.5 Å². The zero-order chi connectivity index (χ0) is 15.5. The monoisotopic (exact) mass is 311 g/mol. The van der Waals surface area contributed by atoms with Crippen LogP contribution in [0.25, 0.3) is 11.1 Å². The molecule has 1 aliphatic rings. The number of rotatable bonds is 1. The first-order chi connectivity index (χ1) is 10.7. The summed E-state index contributed by atoms with van der Waals surface area (Å²) in [6.45, 7) is 0. The smallest absolute Gasteiger partial charge is 0.142 e. The number of hydrogen-bond acceptors (Lipinski definition) is 3. The molecule has 1 aliphatic carbocycles. The zero-order valence-corrected chi connectivity index (χ0v) is 13.2. The number of hydrogen-bond donors (Lipinski definition) is 1. The van der Waals surface area contributed by atoms with Crippen molar-refractivity contribution in [1.29, 1.82) is 5.26 Å². The molecule has 22 heavy (non-hydrogen) atoms. The highest BCUT2D eigenvalue weighted by Gasteiger charge is 2.20. The second-order valence-electron chi connectivity index (χ2n) is 5.71. The van der Waals surface area contributed by atoms with Crippen molar-refractivity contribution in [3.05, 3.63) is 46.1 Å². The van der Waals surface area contributed by atoms with E-state index in [4.69, 9.17) is 17.3 Å². The third kappa shape index (κ3) is 2.80. The van der Waals surface area contributed by atoms with Crippen molar-refractivity contribution in [2.75, 3.05) is 5.73 Å². The molecule has 0 radical (unpaired) electrons. The standard InChI is InChI=1S/C18H18ClN3/c19-13-9-7-12(8-10-13)17-14-5-3-1-2-4-6-16(14)22-18(21)15(17)11-20/h7-10H,1-6H2,(H2,21,22). The van der Waals surface area contributed by atoms with Crippen molar-refractivity contribution in [2.24, 2.45) is 0 Å². The number of aromatic nitrogens is 1. The van der Waals surface area contributed by atoms with Crippen LogP contribution >= 0.6 is 11.6 Å². The second kappa shape index (κ2) is 6.37. The van der Waals surface area contributed by atoms with Crippen LogP contribution < -0.4 is 5.73 Å². The molecule has 4 heteroatoms. The third-order valence-electron chi connectivity index (χ3n) is 4.25. The number of halogens is 1. The molecule has 3 rings (SSSR count). The third-order valence-corrected chi connectivity index (χ3v) is 4.50. The average molecular weight is 312 g/mol.